The van der Waals surface area contributed by atoms with Gasteiger partial charge in [-0.25, -0.2) is 37.8 Å². The van der Waals surface area contributed by atoms with Crippen molar-refractivity contribution in [2.75, 3.05) is 0 Å². The van der Waals surface area contributed by atoms with E-state index in [0.717, 1.165) is 299 Å². The Morgan fingerprint density at radius 1 is 0.293 bits per heavy atom. The molecule has 0 saturated heterocycles. The summed E-state index contributed by atoms with van der Waals surface area (Å²) in [6, 6.07) is 71.3. The summed E-state index contributed by atoms with van der Waals surface area (Å²) in [7, 11) is 10.0. The van der Waals surface area contributed by atoms with Crippen molar-refractivity contribution in [1.82, 2.24) is 24.9 Å². The third-order valence-corrected chi connectivity index (χ3v) is 28.7. The van der Waals surface area contributed by atoms with Crippen molar-refractivity contribution < 1.29 is 60.0 Å². The molecule has 15 heteroatoms. The van der Waals surface area contributed by atoms with Gasteiger partial charge < -0.3 is 22.1 Å². The van der Waals surface area contributed by atoms with Crippen molar-refractivity contribution in [1.29, 1.82) is 0 Å². The summed E-state index contributed by atoms with van der Waals surface area (Å²) in [5.74, 6) is -0.427. The van der Waals surface area contributed by atoms with Crippen LogP contribution in [-0.4, -0.2) is 24.9 Å². The van der Waals surface area contributed by atoms with Crippen LogP contribution in [0.15, 0.2) is 296 Å². The lowest BCUT2D eigenvalue weighted by Crippen LogP contribution is -2.32. The molecule has 15 nitrogen and oxygen atoms in total. The molecule has 0 atom stereocenters. The van der Waals surface area contributed by atoms with Crippen molar-refractivity contribution in [3.63, 3.8) is 0 Å². The number of rotatable bonds is 12. The molecule has 0 radical (unpaired) electrons. The number of furan rings is 5. The molecule has 0 spiro atoms. The number of nitrogens with zero attached hydrogens (tertiary/aromatic N) is 10. The van der Waals surface area contributed by atoms with Crippen LogP contribution in [0.3, 0.4) is 0 Å². The SMILES string of the molecule is [2H]C([2H])([2H])c1ccccc1-c1ccc[n+](C)c1-c1c(C)ccc2c1oc1ccncc12.[2H]C([2H])([2H])c1ccccc1-c1ccc[n+](C)c1-c1c(C)ccc2c1oc1cnccc12.[2H]C([2H])(c1ccc[n+](C)c1-c1c(C)ccc2c1oc1nc(C)ccc12)C1CCCC1.[2H]C([2H])(c1ccc[n+](C)c1-c1c(C)ccc2c1oc1nc(C)ccc12)C1CCCCC1.[2H]C1(c2ccc[n+](C)c2-c2c(C)ccc3c2oc2nc(C)ccc23)CCCC1. The Morgan fingerprint density at radius 3 is 1.08 bits per heavy atom. The number of pyridine rings is 10. The molecule has 0 unspecified atom stereocenters. The van der Waals surface area contributed by atoms with E-state index in [1.54, 1.807) is 42.9 Å². The van der Waals surface area contributed by atoms with Crippen molar-refractivity contribution in [3.05, 3.63) is 347 Å². The molecule has 15 heterocycles. The second-order valence-corrected chi connectivity index (χ2v) is 38.3. The number of aromatic nitrogens is 10. The molecule has 0 aliphatic heterocycles. The molecule has 3 fully saturated rings. The molecule has 22 aromatic rings. The van der Waals surface area contributed by atoms with Gasteiger partial charge in [-0.2, -0.15) is 0 Å². The van der Waals surface area contributed by atoms with Crippen LogP contribution in [0.25, 0.3) is 189 Å². The Kier molecular flexibility index (Phi) is 21.9. The Balaban J connectivity index is 0.000000110. The van der Waals surface area contributed by atoms with Gasteiger partial charge in [0.05, 0.1) is 45.1 Å². The van der Waals surface area contributed by atoms with Crippen LogP contribution in [0.4, 0.5) is 0 Å². The maximum absolute atomic E-state index is 9.17. The summed E-state index contributed by atoms with van der Waals surface area (Å²) >= 11 is 0. The van der Waals surface area contributed by atoms with Gasteiger partial charge in [0.1, 0.15) is 52.0 Å². The maximum atomic E-state index is 9.17. The Hall–Kier alpha value is -15.0. The molecular formula is C125H123N10O5+5. The highest BCUT2D eigenvalue weighted by atomic mass is 16.4. The molecule has 698 valence electrons. The van der Waals surface area contributed by atoms with Crippen LogP contribution in [0.2, 0.25) is 0 Å². The van der Waals surface area contributed by atoms with Gasteiger partial charge in [-0.05, 0) is 241 Å². The molecule has 0 amide bonds. The van der Waals surface area contributed by atoms with Crippen molar-refractivity contribution in [2.45, 2.75) is 171 Å². The average Bonchev–Trinajstić information content (AvgIpc) is 1.64. The molecule has 140 heavy (non-hydrogen) atoms. The highest BCUT2D eigenvalue weighted by Gasteiger charge is 2.35. The number of benzene rings is 7. The second kappa shape index (κ2) is 38.8. The van der Waals surface area contributed by atoms with E-state index in [0.29, 0.717) is 39.4 Å². The smallest absolute Gasteiger partial charge is 0.227 e. The fourth-order valence-electron chi connectivity index (χ4n) is 21.6. The fourth-order valence-corrected chi connectivity index (χ4v) is 21.6. The van der Waals surface area contributed by atoms with Gasteiger partial charge in [-0.15, -0.1) is 0 Å². The first-order valence-corrected chi connectivity index (χ1v) is 49.0. The van der Waals surface area contributed by atoms with Crippen molar-refractivity contribution in [3.8, 4) is 78.5 Å². The summed E-state index contributed by atoms with van der Waals surface area (Å²) in [5, 5.41) is 10.1. The predicted molar refractivity (Wildman–Crippen MR) is 566 cm³/mol. The predicted octanol–water partition coefficient (Wildman–Crippen LogP) is 29.3. The minimum absolute atomic E-state index is 0.0434. The molecule has 15 aromatic heterocycles. The molecule has 0 bridgehead atoms. The molecule has 3 saturated carbocycles. The van der Waals surface area contributed by atoms with Gasteiger partial charge in [0.25, 0.3) is 0 Å². The van der Waals surface area contributed by atoms with Crippen LogP contribution in [0, 0.1) is 80.9 Å². The first-order chi connectivity index (χ1) is 72.4. The van der Waals surface area contributed by atoms with Gasteiger partial charge in [0.2, 0.25) is 45.6 Å². The quantitative estimate of drug-likeness (QED) is 0.108. The minimum Gasteiger partial charge on any atom is -0.455 e. The molecule has 3 aliphatic rings. The summed E-state index contributed by atoms with van der Waals surface area (Å²) in [6.45, 7) is 11.9. The molecular weight excluding hydrogens is 1720 g/mol. The van der Waals surface area contributed by atoms with Gasteiger partial charge in [0, 0.05) is 152 Å². The zero-order valence-corrected chi connectivity index (χ0v) is 81.8. The van der Waals surface area contributed by atoms with Crippen molar-refractivity contribution in [2.24, 2.45) is 47.1 Å². The zero-order valence-electron chi connectivity index (χ0n) is 92.8. The van der Waals surface area contributed by atoms with Gasteiger partial charge in [-0.1, -0.05) is 180 Å². The number of fused-ring (bicyclic) bond motifs is 15. The summed E-state index contributed by atoms with van der Waals surface area (Å²) < 4.78 is 136. The second-order valence-electron chi connectivity index (χ2n) is 38.3. The van der Waals surface area contributed by atoms with Crippen molar-refractivity contribution >= 4 is 110 Å². The molecule has 0 N–H and O–H groups in total. The lowest BCUT2D eigenvalue weighted by atomic mass is 9.83. The van der Waals surface area contributed by atoms with Gasteiger partial charge >= 0.3 is 0 Å². The van der Waals surface area contributed by atoms with E-state index in [9.17, 15) is 2.74 Å². The van der Waals surface area contributed by atoms with Gasteiger partial charge in [0.15, 0.2) is 53.3 Å². The molecule has 25 rings (SSSR count). The van der Waals surface area contributed by atoms with Crippen LogP contribution in [0.1, 0.15) is 177 Å². The maximum Gasteiger partial charge on any atom is 0.227 e. The van der Waals surface area contributed by atoms with E-state index >= 15 is 0 Å². The van der Waals surface area contributed by atoms with Crippen LogP contribution in [0.5, 0.6) is 0 Å². The average molecular weight is 1860 g/mol. The Labute approximate surface area is 834 Å². The van der Waals surface area contributed by atoms with Crippen LogP contribution in [-0.2, 0) is 48.0 Å². The number of aryl methyl sites for hydroxylation is 15. The third-order valence-electron chi connectivity index (χ3n) is 28.7. The van der Waals surface area contributed by atoms with Crippen LogP contribution < -0.4 is 22.8 Å². The summed E-state index contributed by atoms with van der Waals surface area (Å²) in [4.78, 5) is 22.2. The van der Waals surface area contributed by atoms with E-state index in [2.05, 4.69) is 154 Å². The van der Waals surface area contributed by atoms with Crippen LogP contribution >= 0.6 is 0 Å². The molecule has 3 aliphatic carbocycles. The standard InChI is InChI=1S/C26H29N2O.C25H27N2O.2C25H21N2O.C24H25N2O/c1-17-11-13-21-22-14-12-18(2)27-26(22)29-25(21)23(17)24-20(10-7-15-28(24)3)16-19-8-5-4-6-9-19;1-16-10-12-20-21-13-11-17(2)26-25(21)28-24(20)22(16)23-19(9-6-14-27(23)3)15-18-7-4-5-8-18;1-16-7-4-5-8-18(16)20-9-6-14-27(3)24(20)23-17(2)10-11-21-19-12-13-26-15-22(19)28-25(21)23;1-16-7-4-5-8-18(16)19-9-6-14-27(3)24(19)23-17(2)10-11-20-21-15-26-13-12-22(21)28-25(20)23;1-15-10-12-19-20-13-11-16(2)25-24(20)27-23(19)21(15)22-18(9-6-14-26(22)3)17-7-4-5-8-17/h7,10-15,19H,4-6,8-9,16H2,1-3H3;6,9-14,18H,4-5,7-8,15H2,1-3H3;2*4-15H,1-3H3;6,9-14,17H,4-5,7-8H2,1-3H3/q5*+1/i16D2;15D2;2*1D3;17D. The normalized spacial score (nSPS) is 15.5. The first kappa shape index (κ1) is 79.0. The number of hydrogen-bond acceptors (Lipinski definition) is 10. The summed E-state index contributed by atoms with van der Waals surface area (Å²) in [6.07, 6.45) is 27.8. The largest absolute Gasteiger partial charge is 0.455 e. The van der Waals surface area contributed by atoms with Gasteiger partial charge in [-0.3, -0.25) is 9.97 Å². The third kappa shape index (κ3) is 17.3. The van der Waals surface area contributed by atoms with E-state index in [-0.39, 0.29) is 11.8 Å². The lowest BCUT2D eigenvalue weighted by Gasteiger charge is -2.22. The zero-order chi connectivity index (χ0) is 106. The highest BCUT2D eigenvalue weighted by molar-refractivity contribution is 6.14. The van der Waals surface area contributed by atoms with E-state index in [4.69, 9.17) is 34.4 Å². The molecule has 7 aromatic carbocycles. The van der Waals surface area contributed by atoms with E-state index < -0.39 is 32.3 Å². The lowest BCUT2D eigenvalue weighted by molar-refractivity contribution is -0.660. The minimum atomic E-state index is -2.21. The Morgan fingerprint density at radius 2 is 0.629 bits per heavy atom. The van der Waals surface area contributed by atoms with E-state index in [1.807, 2.05) is 215 Å². The fraction of sp³-hybridized carbons (Fsp3) is 0.264. The van der Waals surface area contributed by atoms with E-state index in [1.165, 1.54) is 6.42 Å². The number of hydrogen-bond donors (Lipinski definition) is 0. The highest BCUT2D eigenvalue weighted by Crippen LogP contribution is 2.48. The monoisotopic (exact) mass is 1860 g/mol. The Bertz CT molecular complexity index is 8860. The summed E-state index contributed by atoms with van der Waals surface area (Å²) in [5.41, 5.74) is 31.7. The topological polar surface area (TPSA) is 150 Å². The first-order valence-electron chi connectivity index (χ1n) is 54.5.